The average Bonchev–Trinajstić information content (AvgIpc) is 2.38. The van der Waals surface area contributed by atoms with E-state index in [2.05, 4.69) is 5.10 Å². The number of hydrazone groups is 1. The van der Waals surface area contributed by atoms with Gasteiger partial charge in [-0.1, -0.05) is 0 Å². The van der Waals surface area contributed by atoms with Gasteiger partial charge in [-0.3, -0.25) is 0 Å². The molecule has 0 bridgehead atoms. The number of hydrogen-bond donors (Lipinski definition) is 1. The van der Waals surface area contributed by atoms with Crippen molar-refractivity contribution in [2.24, 2.45) is 5.10 Å². The van der Waals surface area contributed by atoms with E-state index in [-0.39, 0.29) is 5.56 Å². The topological polar surface area (TPSA) is 33.6 Å². The fourth-order valence-corrected chi connectivity index (χ4v) is 1.35. The summed E-state index contributed by atoms with van der Waals surface area (Å²) in [6, 6.07) is -1.26. The Kier molecular flexibility index (Phi) is 4.93. The lowest BCUT2D eigenvalue weighted by Crippen LogP contribution is -2.58. The van der Waals surface area contributed by atoms with Gasteiger partial charge < -0.3 is 4.74 Å². The van der Waals surface area contributed by atoms with Gasteiger partial charge in [-0.05, 0) is 36.2 Å². The molecule has 0 aromatic heterocycles. The van der Waals surface area contributed by atoms with Crippen LogP contribution in [0, 0.1) is 6.92 Å². The zero-order valence-corrected chi connectivity index (χ0v) is 11.3. The molecule has 1 aromatic rings. The van der Waals surface area contributed by atoms with Gasteiger partial charge in [-0.15, -0.1) is 0 Å². The Balaban J connectivity index is 2.89. The van der Waals surface area contributed by atoms with E-state index in [0.29, 0.717) is 23.0 Å². The van der Waals surface area contributed by atoms with Crippen LogP contribution in [-0.4, -0.2) is 31.5 Å². The fourth-order valence-electron chi connectivity index (χ4n) is 1.35. The molecule has 1 aromatic carbocycles. The number of nitrogens with one attached hydrogen (secondary N) is 1. The summed E-state index contributed by atoms with van der Waals surface area (Å²) in [7, 11) is 1.39. The van der Waals surface area contributed by atoms with E-state index >= 15 is 0 Å². The van der Waals surface area contributed by atoms with Crippen molar-refractivity contribution >= 4 is 6.21 Å². The van der Waals surface area contributed by atoms with E-state index < -0.39 is 18.1 Å². The molecule has 0 saturated carbocycles. The molecule has 0 heterocycles. The first-order chi connectivity index (χ1) is 9.92. The van der Waals surface area contributed by atoms with Crippen LogP contribution in [0.15, 0.2) is 23.3 Å². The fraction of sp³-hybridized carbons (Fsp3) is 0.417. The molecular formula is C12H11F7N2O. The van der Waals surface area contributed by atoms with Crippen LogP contribution in [0.1, 0.15) is 11.1 Å². The Labute approximate surface area is 120 Å². The van der Waals surface area contributed by atoms with Gasteiger partial charge in [0.1, 0.15) is 5.75 Å². The molecule has 10 heteroatoms. The van der Waals surface area contributed by atoms with Gasteiger partial charge in [-0.25, -0.2) is 5.43 Å². The molecule has 0 amide bonds. The summed E-state index contributed by atoms with van der Waals surface area (Å²) in [5.74, 6) is -5.80. The second-order valence-electron chi connectivity index (χ2n) is 4.24. The third kappa shape index (κ3) is 3.60. The molecule has 0 saturated heterocycles. The summed E-state index contributed by atoms with van der Waals surface area (Å²) >= 11 is 0. The molecule has 0 fully saturated rings. The molecule has 0 aliphatic rings. The zero-order valence-electron chi connectivity index (χ0n) is 11.3. The van der Waals surface area contributed by atoms with E-state index in [0.717, 1.165) is 0 Å². The minimum Gasteiger partial charge on any atom is -0.497 e. The maximum absolute atomic E-state index is 12.9. The first-order valence-electron chi connectivity index (χ1n) is 5.69. The number of rotatable bonds is 5. The van der Waals surface area contributed by atoms with Crippen molar-refractivity contribution in [2.75, 3.05) is 7.11 Å². The van der Waals surface area contributed by atoms with Crippen molar-refractivity contribution in [1.82, 2.24) is 5.43 Å². The van der Waals surface area contributed by atoms with E-state index in [1.165, 1.54) is 25.3 Å². The van der Waals surface area contributed by atoms with Crippen LogP contribution in [0.25, 0.3) is 0 Å². The molecule has 0 atom stereocenters. The first-order valence-corrected chi connectivity index (χ1v) is 5.69. The number of aryl methyl sites for hydroxylation is 1. The average molecular weight is 332 g/mol. The Morgan fingerprint density at radius 2 is 1.68 bits per heavy atom. The highest BCUT2D eigenvalue weighted by Crippen LogP contribution is 2.44. The van der Waals surface area contributed by atoms with Crippen LogP contribution < -0.4 is 10.2 Å². The molecule has 124 valence electrons. The monoisotopic (exact) mass is 332 g/mol. The Bertz CT molecular complexity index is 555. The van der Waals surface area contributed by atoms with Gasteiger partial charge in [0.25, 0.3) is 0 Å². The van der Waals surface area contributed by atoms with Crippen molar-refractivity contribution in [3.8, 4) is 5.75 Å². The quantitative estimate of drug-likeness (QED) is 0.386. The Hall–Kier alpha value is -2.00. The Morgan fingerprint density at radius 1 is 1.09 bits per heavy atom. The molecule has 1 rings (SSSR count). The van der Waals surface area contributed by atoms with Gasteiger partial charge in [0.05, 0.1) is 13.3 Å². The van der Waals surface area contributed by atoms with Crippen molar-refractivity contribution in [3.05, 3.63) is 29.3 Å². The number of hydrogen-bond acceptors (Lipinski definition) is 3. The highest BCUT2D eigenvalue weighted by molar-refractivity contribution is 5.81. The third-order valence-electron chi connectivity index (χ3n) is 2.64. The van der Waals surface area contributed by atoms with E-state index in [4.69, 9.17) is 4.74 Å². The Morgan fingerprint density at radius 3 is 2.14 bits per heavy atom. The molecule has 0 aliphatic heterocycles. The predicted molar refractivity (Wildman–Crippen MR) is 64.4 cm³/mol. The van der Waals surface area contributed by atoms with Crippen LogP contribution in [0.4, 0.5) is 30.7 Å². The number of methoxy groups -OCH3 is 1. The zero-order chi connectivity index (χ0) is 17.2. The minimum atomic E-state index is -6.41. The lowest BCUT2D eigenvalue weighted by Gasteiger charge is -2.27. The van der Waals surface area contributed by atoms with Crippen LogP contribution in [0.3, 0.4) is 0 Å². The summed E-state index contributed by atoms with van der Waals surface area (Å²) in [6.45, 7) is 1.55. The van der Waals surface area contributed by atoms with Crippen LogP contribution in [0.2, 0.25) is 0 Å². The molecule has 1 N–H and O–H groups in total. The van der Waals surface area contributed by atoms with Gasteiger partial charge in [0.2, 0.25) is 0 Å². The molecule has 0 unspecified atom stereocenters. The SMILES string of the molecule is COc1ccc(/C=N/NC(F)(F)C(F)(F)C(F)(F)F)c(C)c1. The van der Waals surface area contributed by atoms with E-state index in [9.17, 15) is 30.7 Å². The highest BCUT2D eigenvalue weighted by Gasteiger charge is 2.73. The number of alkyl halides is 7. The second kappa shape index (κ2) is 6.01. The molecule has 0 spiro atoms. The first kappa shape index (κ1) is 18.1. The smallest absolute Gasteiger partial charge is 0.462 e. The lowest BCUT2D eigenvalue weighted by molar-refractivity contribution is -0.361. The van der Waals surface area contributed by atoms with Crippen LogP contribution in [-0.2, 0) is 0 Å². The lowest BCUT2D eigenvalue weighted by atomic mass is 10.1. The maximum Gasteiger partial charge on any atom is 0.462 e. The summed E-state index contributed by atoms with van der Waals surface area (Å²) in [5.41, 5.74) is 1.28. The highest BCUT2D eigenvalue weighted by atomic mass is 19.4. The van der Waals surface area contributed by atoms with E-state index in [1.807, 2.05) is 0 Å². The number of benzene rings is 1. The summed E-state index contributed by atoms with van der Waals surface area (Å²) in [6.07, 6.45) is -5.70. The van der Waals surface area contributed by atoms with Crippen LogP contribution >= 0.6 is 0 Å². The number of ether oxygens (including phenoxy) is 1. The predicted octanol–water partition coefficient (Wildman–Crippen LogP) is 3.72. The van der Waals surface area contributed by atoms with Gasteiger partial charge in [0, 0.05) is 0 Å². The van der Waals surface area contributed by atoms with Crippen molar-refractivity contribution in [1.29, 1.82) is 0 Å². The summed E-state index contributed by atoms with van der Waals surface area (Å²) in [5, 5.41) is 2.76. The maximum atomic E-state index is 12.9. The number of halogens is 7. The van der Waals surface area contributed by atoms with Crippen LogP contribution in [0.5, 0.6) is 5.75 Å². The molecular weight excluding hydrogens is 321 g/mol. The summed E-state index contributed by atoms with van der Waals surface area (Å²) in [4.78, 5) is 0. The standard InChI is InChI=1S/C12H11F7N2O/c1-7-5-9(22-2)4-3-8(7)6-20-21-12(18,19)10(13,14)11(15,16)17/h3-6,21H,1-2H3/b20-6+. The molecule has 0 aliphatic carbocycles. The molecule has 22 heavy (non-hydrogen) atoms. The summed E-state index contributed by atoms with van der Waals surface area (Å²) < 4.78 is 91.5. The van der Waals surface area contributed by atoms with Crippen molar-refractivity contribution in [2.45, 2.75) is 25.1 Å². The van der Waals surface area contributed by atoms with Crippen molar-refractivity contribution in [3.63, 3.8) is 0 Å². The minimum absolute atomic E-state index is 0.236. The van der Waals surface area contributed by atoms with Gasteiger partial charge in [0.15, 0.2) is 0 Å². The van der Waals surface area contributed by atoms with Gasteiger partial charge in [-0.2, -0.15) is 35.8 Å². The van der Waals surface area contributed by atoms with Gasteiger partial charge >= 0.3 is 18.1 Å². The molecule has 3 nitrogen and oxygen atoms in total. The van der Waals surface area contributed by atoms with E-state index in [1.54, 1.807) is 6.92 Å². The molecule has 0 radical (unpaired) electrons. The number of nitrogens with zero attached hydrogens (tertiary/aromatic N) is 1. The largest absolute Gasteiger partial charge is 0.497 e. The third-order valence-corrected chi connectivity index (χ3v) is 2.64. The normalized spacial score (nSPS) is 13.5. The van der Waals surface area contributed by atoms with Crippen molar-refractivity contribution < 1.29 is 35.5 Å². The second-order valence-corrected chi connectivity index (χ2v) is 4.24.